The zero-order chi connectivity index (χ0) is 13.3. The van der Waals surface area contributed by atoms with Crippen molar-refractivity contribution in [3.63, 3.8) is 0 Å². The number of halogens is 2. The number of nitrogens with zero attached hydrogens (tertiary/aromatic N) is 2. The van der Waals surface area contributed by atoms with Crippen LogP contribution in [0.5, 0.6) is 0 Å². The number of hydrogen-bond donors (Lipinski definition) is 2. The molecule has 0 spiro atoms. The molecule has 2 rings (SSSR count). The van der Waals surface area contributed by atoms with E-state index in [1.807, 2.05) is 23.9 Å². The Morgan fingerprint density at radius 1 is 1.56 bits per heavy atom. The molecule has 0 bridgehead atoms. The molecule has 0 saturated heterocycles. The number of aryl methyl sites for hydroxylation is 2. The number of hydrogen-bond acceptors (Lipinski definition) is 4. The molecule has 0 aliphatic carbocycles. The van der Waals surface area contributed by atoms with E-state index in [1.165, 1.54) is 0 Å². The maximum Gasteiger partial charge on any atom is 0.1000 e. The van der Waals surface area contributed by atoms with E-state index in [4.69, 9.17) is 29.0 Å². The molecule has 0 aliphatic rings. The molecule has 1 unspecified atom stereocenters. The Morgan fingerprint density at radius 2 is 2.28 bits per heavy atom. The lowest BCUT2D eigenvalue weighted by Gasteiger charge is -2.17. The first kappa shape index (κ1) is 13.8. The van der Waals surface area contributed by atoms with Gasteiger partial charge in [-0.15, -0.1) is 11.3 Å². The largest absolute Gasteiger partial charge is 0.270 e. The summed E-state index contributed by atoms with van der Waals surface area (Å²) in [5.41, 5.74) is 4.65. The van der Waals surface area contributed by atoms with Crippen molar-refractivity contribution >= 4 is 34.5 Å². The third kappa shape index (κ3) is 2.29. The van der Waals surface area contributed by atoms with Crippen LogP contribution in [0.3, 0.4) is 0 Å². The molecule has 2 heterocycles. The fourth-order valence-corrected chi connectivity index (χ4v) is 3.45. The molecule has 1 atom stereocenters. The predicted molar refractivity (Wildman–Crippen MR) is 76.1 cm³/mol. The second-order valence-corrected chi connectivity index (χ2v) is 5.59. The summed E-state index contributed by atoms with van der Waals surface area (Å²) in [6, 6.07) is -0.244. The highest BCUT2D eigenvalue weighted by atomic mass is 35.5. The van der Waals surface area contributed by atoms with E-state index in [0.717, 1.165) is 27.7 Å². The van der Waals surface area contributed by atoms with Crippen molar-refractivity contribution in [3.8, 4) is 0 Å². The minimum atomic E-state index is -0.244. The Kier molecular flexibility index (Phi) is 4.29. The molecular weight excluding hydrogens is 291 g/mol. The molecule has 3 N–H and O–H groups in total. The number of aromatic nitrogens is 2. The van der Waals surface area contributed by atoms with Crippen LogP contribution in [0.2, 0.25) is 10.0 Å². The Labute approximate surface area is 120 Å². The molecule has 98 valence electrons. The normalized spacial score (nSPS) is 12.9. The Morgan fingerprint density at radius 3 is 2.78 bits per heavy atom. The smallest absolute Gasteiger partial charge is 0.1000 e. The summed E-state index contributed by atoms with van der Waals surface area (Å²) in [5, 5.41) is 7.53. The van der Waals surface area contributed by atoms with Gasteiger partial charge in [-0.1, -0.05) is 23.2 Å². The van der Waals surface area contributed by atoms with Gasteiger partial charge in [0.05, 0.1) is 28.0 Å². The number of thiophene rings is 1. The van der Waals surface area contributed by atoms with E-state index in [9.17, 15) is 0 Å². The van der Waals surface area contributed by atoms with Gasteiger partial charge in [0.2, 0.25) is 0 Å². The van der Waals surface area contributed by atoms with Crippen molar-refractivity contribution in [2.45, 2.75) is 26.4 Å². The van der Waals surface area contributed by atoms with Crippen LogP contribution in [0.25, 0.3) is 0 Å². The van der Waals surface area contributed by atoms with E-state index in [1.54, 1.807) is 17.5 Å². The summed E-state index contributed by atoms with van der Waals surface area (Å²) in [6.07, 6.45) is 1.62. The molecule has 0 saturated carbocycles. The maximum atomic E-state index is 6.29. The van der Waals surface area contributed by atoms with Gasteiger partial charge in [0, 0.05) is 11.4 Å². The molecule has 7 heteroatoms. The molecule has 0 aromatic carbocycles. The lowest BCUT2D eigenvalue weighted by Crippen LogP contribution is -2.30. The first-order valence-corrected chi connectivity index (χ1v) is 7.14. The molecule has 0 aliphatic heterocycles. The van der Waals surface area contributed by atoms with E-state index in [0.29, 0.717) is 5.02 Å². The summed E-state index contributed by atoms with van der Waals surface area (Å²) in [4.78, 5) is 0.953. The van der Waals surface area contributed by atoms with Gasteiger partial charge >= 0.3 is 0 Å². The average Bonchev–Trinajstić information content (AvgIpc) is 2.89. The van der Waals surface area contributed by atoms with Crippen molar-refractivity contribution < 1.29 is 0 Å². The van der Waals surface area contributed by atoms with Crippen LogP contribution in [-0.4, -0.2) is 9.78 Å². The van der Waals surface area contributed by atoms with E-state index >= 15 is 0 Å². The molecule has 0 radical (unpaired) electrons. The van der Waals surface area contributed by atoms with Crippen molar-refractivity contribution in [1.29, 1.82) is 0 Å². The average molecular weight is 305 g/mol. The van der Waals surface area contributed by atoms with E-state index < -0.39 is 0 Å². The van der Waals surface area contributed by atoms with Crippen LogP contribution >= 0.6 is 34.5 Å². The standard InChI is InChI=1S/C11H14Cl2N4S/c1-3-17-10(7(12)4-15-17)9(16-14)11-8(13)6(2)5-18-11/h4-5,9,16H,3,14H2,1-2H3. The lowest BCUT2D eigenvalue weighted by molar-refractivity contribution is 0.548. The van der Waals surface area contributed by atoms with E-state index in [2.05, 4.69) is 10.5 Å². The van der Waals surface area contributed by atoms with Crippen LogP contribution in [0.4, 0.5) is 0 Å². The van der Waals surface area contributed by atoms with Crippen LogP contribution in [-0.2, 0) is 6.54 Å². The summed E-state index contributed by atoms with van der Waals surface area (Å²) >= 11 is 14.0. The third-order valence-electron chi connectivity index (χ3n) is 2.76. The summed E-state index contributed by atoms with van der Waals surface area (Å²) < 4.78 is 1.82. The van der Waals surface area contributed by atoms with Crippen LogP contribution < -0.4 is 11.3 Å². The third-order valence-corrected chi connectivity index (χ3v) is 4.83. The number of nitrogens with two attached hydrogens (primary N) is 1. The van der Waals surface area contributed by atoms with Gasteiger partial charge in [-0.2, -0.15) is 5.10 Å². The first-order valence-electron chi connectivity index (χ1n) is 5.50. The Bertz CT molecular complexity index is 549. The molecule has 2 aromatic heterocycles. The van der Waals surface area contributed by atoms with Gasteiger partial charge in [-0.25, -0.2) is 5.43 Å². The van der Waals surface area contributed by atoms with Crippen molar-refractivity contribution in [3.05, 3.63) is 37.8 Å². The molecule has 2 aromatic rings. The van der Waals surface area contributed by atoms with Crippen LogP contribution in [0.1, 0.15) is 29.1 Å². The monoisotopic (exact) mass is 304 g/mol. The van der Waals surface area contributed by atoms with Crippen molar-refractivity contribution in [1.82, 2.24) is 15.2 Å². The Hall–Kier alpha value is -0.590. The minimum absolute atomic E-state index is 0.244. The second-order valence-electron chi connectivity index (χ2n) is 3.89. The van der Waals surface area contributed by atoms with Gasteiger partial charge in [0.25, 0.3) is 0 Å². The highest BCUT2D eigenvalue weighted by Gasteiger charge is 2.24. The molecule has 18 heavy (non-hydrogen) atoms. The zero-order valence-electron chi connectivity index (χ0n) is 10.1. The van der Waals surface area contributed by atoms with Gasteiger partial charge in [-0.05, 0) is 24.8 Å². The number of hydrazine groups is 1. The van der Waals surface area contributed by atoms with Crippen molar-refractivity contribution in [2.24, 2.45) is 5.84 Å². The van der Waals surface area contributed by atoms with Gasteiger partial charge < -0.3 is 0 Å². The van der Waals surface area contributed by atoms with E-state index in [-0.39, 0.29) is 6.04 Å². The SMILES string of the molecule is CCn1ncc(Cl)c1C(NN)c1scc(C)c1Cl. The van der Waals surface area contributed by atoms with Gasteiger partial charge in [0.1, 0.15) is 0 Å². The summed E-state index contributed by atoms with van der Waals surface area (Å²) in [5.74, 6) is 5.66. The van der Waals surface area contributed by atoms with Crippen molar-refractivity contribution in [2.75, 3.05) is 0 Å². The fourth-order valence-electron chi connectivity index (χ4n) is 1.83. The van der Waals surface area contributed by atoms with Gasteiger partial charge in [0.15, 0.2) is 0 Å². The highest BCUT2D eigenvalue weighted by molar-refractivity contribution is 7.10. The highest BCUT2D eigenvalue weighted by Crippen LogP contribution is 2.37. The molecule has 0 fully saturated rings. The van der Waals surface area contributed by atoms with Gasteiger partial charge in [-0.3, -0.25) is 10.5 Å². The summed E-state index contributed by atoms with van der Waals surface area (Å²) in [6.45, 7) is 4.69. The van der Waals surface area contributed by atoms with Crippen LogP contribution in [0.15, 0.2) is 11.6 Å². The fraction of sp³-hybridized carbons (Fsp3) is 0.364. The number of nitrogens with one attached hydrogen (secondary N) is 1. The molecule has 0 amide bonds. The molecule has 4 nitrogen and oxygen atoms in total. The zero-order valence-corrected chi connectivity index (χ0v) is 12.4. The molecular formula is C11H14Cl2N4S. The second kappa shape index (κ2) is 5.59. The maximum absolute atomic E-state index is 6.29. The lowest BCUT2D eigenvalue weighted by atomic mass is 10.1. The Balaban J connectivity index is 2.51. The topological polar surface area (TPSA) is 55.9 Å². The summed E-state index contributed by atoms with van der Waals surface area (Å²) in [7, 11) is 0. The quantitative estimate of drug-likeness (QED) is 0.674. The predicted octanol–water partition coefficient (Wildman–Crippen LogP) is 3.13. The minimum Gasteiger partial charge on any atom is -0.270 e. The van der Waals surface area contributed by atoms with Crippen LogP contribution in [0, 0.1) is 6.92 Å². The number of rotatable bonds is 4. The first-order chi connectivity index (χ1) is 8.60.